The predicted octanol–water partition coefficient (Wildman–Crippen LogP) is 1.50. The summed E-state index contributed by atoms with van der Waals surface area (Å²) in [5.74, 6) is -3.94. The molecule has 0 unspecified atom stereocenters. The van der Waals surface area contributed by atoms with Gasteiger partial charge in [0.25, 0.3) is 11.8 Å². The fourth-order valence-electron chi connectivity index (χ4n) is 8.14. The Morgan fingerprint density at radius 1 is 1.02 bits per heavy atom. The molecule has 0 radical (unpaired) electrons. The molecular formula is C29H35NO10. The molecule has 7 atom stereocenters. The van der Waals surface area contributed by atoms with Crippen LogP contribution in [-0.2, 0) is 38.3 Å². The number of carbonyl (C=O) groups excluding carboxylic acids is 6. The second-order valence-corrected chi connectivity index (χ2v) is 12.2. The van der Waals surface area contributed by atoms with E-state index in [9.17, 15) is 39.0 Å². The number of hydrogen-bond donors (Lipinski definition) is 2. The van der Waals surface area contributed by atoms with Gasteiger partial charge >= 0.3 is 11.9 Å². The molecule has 0 aromatic heterocycles. The van der Waals surface area contributed by atoms with Gasteiger partial charge in [-0.15, -0.1) is 5.06 Å². The van der Waals surface area contributed by atoms with Gasteiger partial charge in [0.15, 0.2) is 12.4 Å². The number of fused-ring (bicyclic) bond motifs is 5. The van der Waals surface area contributed by atoms with Crippen LogP contribution in [0.5, 0.6) is 0 Å². The number of hydrogen-bond acceptors (Lipinski definition) is 10. The lowest BCUT2D eigenvalue weighted by Gasteiger charge is -2.59. The third-order valence-electron chi connectivity index (χ3n) is 10.2. The van der Waals surface area contributed by atoms with Crippen molar-refractivity contribution >= 4 is 35.3 Å². The zero-order valence-corrected chi connectivity index (χ0v) is 22.7. The number of allylic oxidation sites excluding steroid dienone is 4. The van der Waals surface area contributed by atoms with Crippen molar-refractivity contribution in [2.24, 2.45) is 28.6 Å². The number of rotatable bonds is 7. The maximum atomic E-state index is 13.3. The van der Waals surface area contributed by atoms with Gasteiger partial charge in [-0.1, -0.05) is 25.5 Å². The van der Waals surface area contributed by atoms with Crippen molar-refractivity contribution in [2.45, 2.75) is 83.3 Å². The van der Waals surface area contributed by atoms with E-state index in [0.29, 0.717) is 17.9 Å². The SMILES string of the molecule is C[C@]12C=CC(=O)C=C1CC[C@@H]1[C@H]2[C@@H](O)C[C@@]2(C)[C@H]1CC[C@@]2(O)C(=O)COC(=O)CCC(=O)ON1C(=O)CCC1=O. The van der Waals surface area contributed by atoms with E-state index in [4.69, 9.17) is 9.57 Å². The van der Waals surface area contributed by atoms with E-state index in [1.54, 1.807) is 12.2 Å². The first-order valence-electron chi connectivity index (χ1n) is 13.9. The molecule has 4 aliphatic carbocycles. The molecule has 11 nitrogen and oxygen atoms in total. The van der Waals surface area contributed by atoms with Gasteiger partial charge in [0.1, 0.15) is 5.60 Å². The minimum Gasteiger partial charge on any atom is -0.458 e. The quantitative estimate of drug-likeness (QED) is 0.346. The summed E-state index contributed by atoms with van der Waals surface area (Å²) in [7, 11) is 0. The van der Waals surface area contributed by atoms with Crippen molar-refractivity contribution < 1.29 is 48.6 Å². The van der Waals surface area contributed by atoms with Crippen LogP contribution in [0.2, 0.25) is 0 Å². The number of aliphatic hydroxyl groups excluding tert-OH is 1. The molecule has 1 saturated heterocycles. The lowest BCUT2D eigenvalue weighted by molar-refractivity contribution is -0.197. The maximum Gasteiger partial charge on any atom is 0.333 e. The standard InChI is InChI=1S/C29H35NO10/c1-27-11-9-17(31)13-16(27)3-4-18-19-10-12-29(38,28(19,2)14-20(32)26(18)27)21(33)15-39-24(36)7-8-25(37)40-30-22(34)5-6-23(30)35/h9,11,13,18-20,26,32,38H,3-8,10,12,14-15H2,1-2H3/t18-,19-,20-,26-,27-,28-,29+/m0/s1. The summed E-state index contributed by atoms with van der Waals surface area (Å²) >= 11 is 0. The minimum atomic E-state index is -1.80. The Hall–Kier alpha value is -3.18. The number of aliphatic hydroxyl groups is 2. The Kier molecular flexibility index (Phi) is 7.11. The van der Waals surface area contributed by atoms with Gasteiger partial charge < -0.3 is 19.8 Å². The Morgan fingerprint density at radius 3 is 2.40 bits per heavy atom. The van der Waals surface area contributed by atoms with E-state index >= 15 is 0 Å². The lowest BCUT2D eigenvalue weighted by atomic mass is 9.46. The van der Waals surface area contributed by atoms with E-state index in [1.807, 2.05) is 19.9 Å². The molecule has 5 rings (SSSR count). The van der Waals surface area contributed by atoms with Crippen LogP contribution in [0.3, 0.4) is 0 Å². The highest BCUT2D eigenvalue weighted by molar-refractivity contribution is 6.02. The number of ketones is 2. The largest absolute Gasteiger partial charge is 0.458 e. The molecule has 40 heavy (non-hydrogen) atoms. The van der Waals surface area contributed by atoms with E-state index < -0.39 is 71.5 Å². The topological polar surface area (TPSA) is 165 Å². The lowest BCUT2D eigenvalue weighted by Crippen LogP contribution is -2.61. The molecule has 0 spiro atoms. The number of ether oxygens (including phenoxy) is 1. The zero-order valence-electron chi connectivity index (χ0n) is 22.7. The van der Waals surface area contributed by atoms with Crippen LogP contribution in [-0.4, -0.2) is 68.9 Å². The molecule has 2 amide bonds. The number of amides is 2. The third-order valence-corrected chi connectivity index (χ3v) is 10.2. The van der Waals surface area contributed by atoms with Gasteiger partial charge in [-0.05, 0) is 56.1 Å². The zero-order chi connectivity index (χ0) is 29.0. The van der Waals surface area contributed by atoms with Crippen molar-refractivity contribution in [1.29, 1.82) is 0 Å². The Bertz CT molecular complexity index is 1220. The monoisotopic (exact) mass is 557 g/mol. The molecule has 5 aliphatic rings. The van der Waals surface area contributed by atoms with Crippen molar-refractivity contribution in [3.8, 4) is 0 Å². The molecule has 4 fully saturated rings. The Balaban J connectivity index is 1.20. The van der Waals surface area contributed by atoms with Crippen LogP contribution >= 0.6 is 0 Å². The van der Waals surface area contributed by atoms with E-state index in [0.717, 1.165) is 12.0 Å². The number of nitrogens with zero attached hydrogens (tertiary/aromatic N) is 1. The number of Topliss-reactive ketones (excluding diaryl/α,β-unsaturated/α-hetero) is 1. The summed E-state index contributed by atoms with van der Waals surface area (Å²) in [6.07, 6.45) is 5.73. The van der Waals surface area contributed by atoms with Crippen LogP contribution in [0.25, 0.3) is 0 Å². The molecule has 0 bridgehead atoms. The summed E-state index contributed by atoms with van der Waals surface area (Å²) in [5.41, 5.74) is -2.17. The van der Waals surface area contributed by atoms with Crippen LogP contribution in [0.15, 0.2) is 23.8 Å². The summed E-state index contributed by atoms with van der Waals surface area (Å²) in [5, 5.41) is 23.6. The molecule has 0 aromatic rings. The normalized spacial score (nSPS) is 38.4. The van der Waals surface area contributed by atoms with Crippen molar-refractivity contribution in [2.75, 3.05) is 6.61 Å². The highest BCUT2D eigenvalue weighted by Crippen LogP contribution is 2.67. The number of esters is 1. The molecule has 1 heterocycles. The van der Waals surface area contributed by atoms with Gasteiger partial charge in [-0.3, -0.25) is 24.0 Å². The first-order chi connectivity index (χ1) is 18.8. The van der Waals surface area contributed by atoms with Crippen LogP contribution in [0.1, 0.15) is 71.6 Å². The van der Waals surface area contributed by atoms with Crippen molar-refractivity contribution in [3.63, 3.8) is 0 Å². The second kappa shape index (κ2) is 10.0. The molecule has 3 saturated carbocycles. The summed E-state index contributed by atoms with van der Waals surface area (Å²) in [6.45, 7) is 3.19. The molecular weight excluding hydrogens is 522 g/mol. The highest BCUT2D eigenvalue weighted by atomic mass is 16.7. The van der Waals surface area contributed by atoms with Crippen LogP contribution in [0.4, 0.5) is 0 Å². The first kappa shape index (κ1) is 28.4. The third kappa shape index (κ3) is 4.43. The van der Waals surface area contributed by atoms with E-state index in [2.05, 4.69) is 0 Å². The number of hydroxylamine groups is 2. The Morgan fingerprint density at radius 2 is 1.70 bits per heavy atom. The average Bonchev–Trinajstić information content (AvgIpc) is 3.36. The smallest absolute Gasteiger partial charge is 0.333 e. The molecule has 11 heteroatoms. The Labute approximate surface area is 231 Å². The van der Waals surface area contributed by atoms with Crippen molar-refractivity contribution in [3.05, 3.63) is 23.8 Å². The number of carbonyl (C=O) groups is 6. The predicted molar refractivity (Wildman–Crippen MR) is 135 cm³/mol. The minimum absolute atomic E-state index is 0.0403. The molecule has 216 valence electrons. The van der Waals surface area contributed by atoms with Gasteiger partial charge in [0.2, 0.25) is 5.78 Å². The number of imide groups is 1. The summed E-state index contributed by atoms with van der Waals surface area (Å²) < 4.78 is 5.08. The van der Waals surface area contributed by atoms with Gasteiger partial charge in [-0.25, -0.2) is 4.79 Å². The maximum absolute atomic E-state index is 13.3. The van der Waals surface area contributed by atoms with Crippen LogP contribution < -0.4 is 0 Å². The van der Waals surface area contributed by atoms with Gasteiger partial charge in [0.05, 0.1) is 18.9 Å². The van der Waals surface area contributed by atoms with E-state index in [-0.39, 0.29) is 49.2 Å². The van der Waals surface area contributed by atoms with Crippen LogP contribution in [0, 0.1) is 28.6 Å². The van der Waals surface area contributed by atoms with E-state index in [1.165, 1.54) is 0 Å². The highest BCUT2D eigenvalue weighted by Gasteiger charge is 2.68. The molecule has 2 N–H and O–H groups in total. The molecule has 1 aliphatic heterocycles. The fraction of sp³-hybridized carbons (Fsp3) is 0.655. The first-order valence-corrected chi connectivity index (χ1v) is 13.9. The summed E-state index contributed by atoms with van der Waals surface area (Å²) in [4.78, 5) is 77.3. The van der Waals surface area contributed by atoms with Gasteiger partial charge in [-0.2, -0.15) is 0 Å². The summed E-state index contributed by atoms with van der Waals surface area (Å²) in [6, 6.07) is 0. The second-order valence-electron chi connectivity index (χ2n) is 12.2. The van der Waals surface area contributed by atoms with Crippen molar-refractivity contribution in [1.82, 2.24) is 5.06 Å². The fourth-order valence-corrected chi connectivity index (χ4v) is 8.14. The van der Waals surface area contributed by atoms with Gasteiger partial charge in [0, 0.05) is 29.6 Å². The molecule has 0 aromatic carbocycles. The average molecular weight is 558 g/mol.